The largest absolute Gasteiger partial charge is 0.486 e. The van der Waals surface area contributed by atoms with Gasteiger partial charge in [-0.3, -0.25) is 4.79 Å². The molecule has 1 aromatic heterocycles. The van der Waals surface area contributed by atoms with Crippen LogP contribution >= 0.6 is 0 Å². The number of rotatable bonds is 8. The minimum atomic E-state index is -0.961. The van der Waals surface area contributed by atoms with Crippen LogP contribution in [0, 0.1) is 0 Å². The van der Waals surface area contributed by atoms with E-state index in [4.69, 9.17) is 10.5 Å². The van der Waals surface area contributed by atoms with Gasteiger partial charge in [0.25, 0.3) is 0 Å². The maximum atomic E-state index is 13.1. The quantitative estimate of drug-likeness (QED) is 0.641. The van der Waals surface area contributed by atoms with Gasteiger partial charge < -0.3 is 25.5 Å². The Bertz CT molecular complexity index is 927. The molecule has 8 heteroatoms. The Balaban J connectivity index is 1.88. The van der Waals surface area contributed by atoms with Gasteiger partial charge in [-0.15, -0.1) is 0 Å². The van der Waals surface area contributed by atoms with E-state index in [1.54, 1.807) is 19.9 Å². The van der Waals surface area contributed by atoms with Gasteiger partial charge in [-0.25, -0.2) is 9.37 Å². The first-order valence-corrected chi connectivity index (χ1v) is 9.12. The predicted molar refractivity (Wildman–Crippen MR) is 104 cm³/mol. The molecule has 7 nitrogen and oxygen atoms in total. The van der Waals surface area contributed by atoms with E-state index in [0.29, 0.717) is 31.1 Å². The van der Waals surface area contributed by atoms with Crippen molar-refractivity contribution >= 4 is 16.9 Å². The lowest BCUT2D eigenvalue weighted by Crippen LogP contribution is -2.31. The molecule has 0 fully saturated rings. The monoisotopic (exact) mass is 388 g/mol. The van der Waals surface area contributed by atoms with Crippen molar-refractivity contribution in [3.05, 3.63) is 48.1 Å². The zero-order valence-corrected chi connectivity index (χ0v) is 16.0. The average molecular weight is 388 g/mol. The Morgan fingerprint density at radius 2 is 2.29 bits per heavy atom. The van der Waals surface area contributed by atoms with Crippen LogP contribution in [0.3, 0.4) is 0 Å². The third-order valence-electron chi connectivity index (χ3n) is 4.23. The van der Waals surface area contributed by atoms with Crippen LogP contribution in [0.1, 0.15) is 26.1 Å². The summed E-state index contributed by atoms with van der Waals surface area (Å²) in [5, 5.41) is 13.3. The average Bonchev–Trinajstić information content (AvgIpc) is 2.92. The zero-order valence-electron chi connectivity index (χ0n) is 16.0. The van der Waals surface area contributed by atoms with Crippen molar-refractivity contribution in [2.24, 2.45) is 5.73 Å². The van der Waals surface area contributed by atoms with Crippen LogP contribution in [0.2, 0.25) is 0 Å². The number of nitrogens with two attached hydrogens (primary N) is 1. The van der Waals surface area contributed by atoms with Gasteiger partial charge in [0.05, 0.1) is 36.3 Å². The van der Waals surface area contributed by atoms with E-state index in [1.807, 2.05) is 22.8 Å². The maximum absolute atomic E-state index is 13.1. The Morgan fingerprint density at radius 3 is 2.93 bits per heavy atom. The molecule has 0 spiro atoms. The minimum absolute atomic E-state index is 0.0399. The fraction of sp³-hybridized carbons (Fsp3) is 0.400. The van der Waals surface area contributed by atoms with Crippen molar-refractivity contribution in [1.29, 1.82) is 0 Å². The summed E-state index contributed by atoms with van der Waals surface area (Å²) >= 11 is 0. The van der Waals surface area contributed by atoms with Gasteiger partial charge in [0, 0.05) is 12.5 Å². The van der Waals surface area contributed by atoms with Gasteiger partial charge in [0.1, 0.15) is 23.5 Å². The molecular formula is C20H25FN4O3. The van der Waals surface area contributed by atoms with Crippen LogP contribution < -0.4 is 15.8 Å². The molecule has 0 saturated carbocycles. The maximum Gasteiger partial charge on any atom is 0.231 e. The summed E-state index contributed by atoms with van der Waals surface area (Å²) < 4.78 is 21.0. The van der Waals surface area contributed by atoms with Gasteiger partial charge in [-0.1, -0.05) is 0 Å². The molecule has 1 atom stereocenters. The van der Waals surface area contributed by atoms with Gasteiger partial charge in [0.2, 0.25) is 5.91 Å². The first kappa shape index (κ1) is 20.0. The highest BCUT2D eigenvalue weighted by molar-refractivity contribution is 5.78. The number of primary amides is 1. The number of hydrogen-bond donors (Lipinski definition) is 3. The number of nitrogens with zero attached hydrogens (tertiary/aromatic N) is 2. The lowest BCUT2D eigenvalue weighted by Gasteiger charge is -2.21. The summed E-state index contributed by atoms with van der Waals surface area (Å²) in [5.41, 5.74) is 5.76. The first-order valence-electron chi connectivity index (χ1n) is 9.12. The number of ether oxygens (including phenoxy) is 1. The number of allylic oxidation sites excluding steroid dienone is 2. The van der Waals surface area contributed by atoms with Crippen molar-refractivity contribution in [2.45, 2.75) is 45.1 Å². The van der Waals surface area contributed by atoms with Crippen LogP contribution in [0.25, 0.3) is 11.0 Å². The number of benzene rings is 1. The van der Waals surface area contributed by atoms with Crippen molar-refractivity contribution in [2.75, 3.05) is 6.54 Å². The van der Waals surface area contributed by atoms with E-state index in [2.05, 4.69) is 10.3 Å². The standard InChI is InChI=1S/C20H25FN4O3/c1-20(2,27)12-25-17-9-15(28-14-5-3-13(21)4-6-14)7-8-16(17)24-19(25)11-23-10-18(22)26/h3-5,7-9,14,23,27H,6,10-12H2,1-2H3,(H2,22,26). The van der Waals surface area contributed by atoms with E-state index in [0.717, 1.165) is 11.0 Å². The number of carbonyl (C=O) groups excluding carboxylic acids is 1. The van der Waals surface area contributed by atoms with Crippen molar-refractivity contribution in [1.82, 2.24) is 14.9 Å². The van der Waals surface area contributed by atoms with Crippen molar-refractivity contribution in [3.63, 3.8) is 0 Å². The molecule has 1 aliphatic carbocycles. The number of fused-ring (bicyclic) bond motifs is 1. The molecule has 0 aliphatic heterocycles. The highest BCUT2D eigenvalue weighted by Gasteiger charge is 2.20. The molecule has 1 amide bonds. The summed E-state index contributed by atoms with van der Waals surface area (Å²) in [5.74, 6) is 0.600. The molecule has 150 valence electrons. The van der Waals surface area contributed by atoms with E-state index in [9.17, 15) is 14.3 Å². The minimum Gasteiger partial charge on any atom is -0.486 e. The molecule has 1 aromatic carbocycles. The van der Waals surface area contributed by atoms with Crippen molar-refractivity contribution < 1.29 is 19.0 Å². The van der Waals surface area contributed by atoms with Gasteiger partial charge in [0.15, 0.2) is 0 Å². The Labute approximate surface area is 162 Å². The fourth-order valence-corrected chi connectivity index (χ4v) is 3.06. The van der Waals surface area contributed by atoms with E-state index < -0.39 is 11.5 Å². The summed E-state index contributed by atoms with van der Waals surface area (Å²) in [6.45, 7) is 4.12. The summed E-state index contributed by atoms with van der Waals surface area (Å²) in [7, 11) is 0. The second-order valence-electron chi connectivity index (χ2n) is 7.49. The normalized spacial score (nSPS) is 17.0. The molecule has 28 heavy (non-hydrogen) atoms. The number of amides is 1. The number of halogens is 1. The molecule has 3 rings (SSSR count). The number of imidazole rings is 1. The SMILES string of the molecule is CC(C)(O)Cn1c(CNCC(N)=O)nc2ccc(OC3C=CC(F)=CC3)cc21. The van der Waals surface area contributed by atoms with E-state index in [1.165, 1.54) is 12.2 Å². The second-order valence-corrected chi connectivity index (χ2v) is 7.49. The molecule has 0 radical (unpaired) electrons. The number of hydrogen-bond acceptors (Lipinski definition) is 5. The number of carbonyl (C=O) groups is 1. The molecule has 0 bridgehead atoms. The van der Waals surface area contributed by atoms with Gasteiger partial charge in [-0.2, -0.15) is 0 Å². The van der Waals surface area contributed by atoms with Crippen LogP contribution in [-0.4, -0.2) is 38.8 Å². The molecule has 1 heterocycles. The molecule has 2 aromatic rings. The second kappa shape index (κ2) is 8.12. The number of aromatic nitrogens is 2. The summed E-state index contributed by atoms with van der Waals surface area (Å²) in [6, 6.07) is 5.51. The predicted octanol–water partition coefficient (Wildman–Crippen LogP) is 1.94. The third-order valence-corrected chi connectivity index (χ3v) is 4.23. The van der Waals surface area contributed by atoms with Gasteiger partial charge >= 0.3 is 0 Å². The molecule has 1 unspecified atom stereocenters. The lowest BCUT2D eigenvalue weighted by molar-refractivity contribution is -0.117. The van der Waals surface area contributed by atoms with Crippen molar-refractivity contribution in [3.8, 4) is 5.75 Å². The number of aliphatic hydroxyl groups is 1. The lowest BCUT2D eigenvalue weighted by atomic mass is 10.1. The molecule has 1 aliphatic rings. The topological polar surface area (TPSA) is 102 Å². The van der Waals surface area contributed by atoms with Crippen LogP contribution in [0.15, 0.2) is 42.3 Å². The van der Waals surface area contributed by atoms with E-state index in [-0.39, 0.29) is 18.5 Å². The van der Waals surface area contributed by atoms with Crippen LogP contribution in [0.5, 0.6) is 5.75 Å². The van der Waals surface area contributed by atoms with Gasteiger partial charge in [-0.05, 0) is 44.2 Å². The Kier molecular flexibility index (Phi) is 5.81. The summed E-state index contributed by atoms with van der Waals surface area (Å²) in [4.78, 5) is 15.6. The molecule has 4 N–H and O–H groups in total. The Morgan fingerprint density at radius 1 is 1.50 bits per heavy atom. The summed E-state index contributed by atoms with van der Waals surface area (Å²) in [6.07, 6.45) is 4.80. The fourth-order valence-electron chi connectivity index (χ4n) is 3.06. The highest BCUT2D eigenvalue weighted by Crippen LogP contribution is 2.26. The van der Waals surface area contributed by atoms with Crippen LogP contribution in [-0.2, 0) is 17.9 Å². The number of nitrogens with one attached hydrogen (secondary N) is 1. The molecular weight excluding hydrogens is 363 g/mol. The highest BCUT2D eigenvalue weighted by atomic mass is 19.1. The van der Waals surface area contributed by atoms with Crippen LogP contribution in [0.4, 0.5) is 4.39 Å². The smallest absolute Gasteiger partial charge is 0.231 e. The molecule has 0 saturated heterocycles. The third kappa shape index (κ3) is 5.17. The zero-order chi connectivity index (χ0) is 20.3. The Hall–Kier alpha value is -2.71. The van der Waals surface area contributed by atoms with E-state index >= 15 is 0 Å². The first-order chi connectivity index (χ1) is 13.2.